The Balaban J connectivity index is 1.83. The van der Waals surface area contributed by atoms with E-state index in [1.54, 1.807) is 0 Å². The number of amides is 1. The van der Waals surface area contributed by atoms with E-state index in [1.165, 1.54) is 11.3 Å². The maximum atomic E-state index is 12.5. The first-order valence-corrected chi connectivity index (χ1v) is 8.02. The first kappa shape index (κ1) is 14.5. The van der Waals surface area contributed by atoms with Crippen molar-refractivity contribution in [3.8, 4) is 11.1 Å². The van der Waals surface area contributed by atoms with Crippen LogP contribution < -0.4 is 5.32 Å². The molecule has 1 aromatic carbocycles. The van der Waals surface area contributed by atoms with Crippen molar-refractivity contribution in [3.63, 3.8) is 0 Å². The number of aromatic amines is 1. The van der Waals surface area contributed by atoms with Gasteiger partial charge >= 0.3 is 0 Å². The average Bonchev–Trinajstić information content (AvgIpc) is 3.17. The summed E-state index contributed by atoms with van der Waals surface area (Å²) in [6, 6.07) is 13.8. The van der Waals surface area contributed by atoms with Crippen LogP contribution in [0.25, 0.3) is 11.1 Å². The minimum atomic E-state index is -0.129. The molecule has 0 saturated heterocycles. The topological polar surface area (TPSA) is 57.8 Å². The summed E-state index contributed by atoms with van der Waals surface area (Å²) >= 11 is 1.43. The van der Waals surface area contributed by atoms with Gasteiger partial charge in [-0.1, -0.05) is 44.2 Å². The minimum absolute atomic E-state index is 0.129. The van der Waals surface area contributed by atoms with E-state index in [0.29, 0.717) is 16.6 Å². The lowest BCUT2D eigenvalue weighted by molar-refractivity contribution is 0.103. The Kier molecular flexibility index (Phi) is 4.06. The number of hydrogen-bond donors (Lipinski definition) is 2. The van der Waals surface area contributed by atoms with Gasteiger partial charge in [-0.2, -0.15) is 5.10 Å². The van der Waals surface area contributed by atoms with Gasteiger partial charge in [0.1, 0.15) is 4.88 Å². The Bertz CT molecular complexity index is 774. The van der Waals surface area contributed by atoms with Crippen molar-refractivity contribution >= 4 is 23.1 Å². The zero-order valence-corrected chi connectivity index (χ0v) is 13.3. The van der Waals surface area contributed by atoms with Crippen LogP contribution in [0, 0.1) is 0 Å². The standard InChI is InChI=1S/C17H17N3OS/c1-11(2)14-10-15(20-19-14)18-17(21)16-13(8-9-22-16)12-6-4-3-5-7-12/h3-11H,1-2H3,(H2,18,19,20,21). The Hall–Kier alpha value is -2.40. The predicted molar refractivity (Wildman–Crippen MR) is 90.4 cm³/mol. The molecule has 2 N–H and O–H groups in total. The van der Waals surface area contributed by atoms with E-state index in [9.17, 15) is 4.79 Å². The number of carbonyl (C=O) groups excluding carboxylic acids is 1. The van der Waals surface area contributed by atoms with Crippen molar-refractivity contribution in [1.82, 2.24) is 10.2 Å². The maximum Gasteiger partial charge on any atom is 0.267 e. The van der Waals surface area contributed by atoms with Gasteiger partial charge in [-0.15, -0.1) is 11.3 Å². The highest BCUT2D eigenvalue weighted by atomic mass is 32.1. The van der Waals surface area contributed by atoms with Gasteiger partial charge in [-0.05, 0) is 22.9 Å². The number of benzene rings is 1. The van der Waals surface area contributed by atoms with Gasteiger partial charge < -0.3 is 5.32 Å². The lowest BCUT2D eigenvalue weighted by atomic mass is 10.1. The van der Waals surface area contributed by atoms with Gasteiger partial charge in [-0.3, -0.25) is 9.89 Å². The van der Waals surface area contributed by atoms with Crippen LogP contribution in [-0.2, 0) is 0 Å². The second-order valence-corrected chi connectivity index (χ2v) is 6.26. The van der Waals surface area contributed by atoms with E-state index in [1.807, 2.05) is 47.8 Å². The van der Waals surface area contributed by atoms with Gasteiger partial charge in [0.05, 0.1) is 0 Å². The summed E-state index contributed by atoms with van der Waals surface area (Å²) in [5.41, 5.74) is 2.99. The van der Waals surface area contributed by atoms with E-state index >= 15 is 0 Å². The fourth-order valence-corrected chi connectivity index (χ4v) is 3.01. The molecule has 0 bridgehead atoms. The van der Waals surface area contributed by atoms with E-state index < -0.39 is 0 Å². The number of rotatable bonds is 4. The molecule has 0 unspecified atom stereocenters. The summed E-state index contributed by atoms with van der Waals surface area (Å²) in [4.78, 5) is 13.2. The first-order valence-electron chi connectivity index (χ1n) is 7.14. The van der Waals surface area contributed by atoms with Crippen molar-refractivity contribution in [2.75, 3.05) is 5.32 Å². The van der Waals surface area contributed by atoms with Gasteiger partial charge in [0.25, 0.3) is 5.91 Å². The SMILES string of the molecule is CC(C)c1cc(NC(=O)c2sccc2-c2ccccc2)n[nH]1. The number of anilines is 1. The molecule has 22 heavy (non-hydrogen) atoms. The Morgan fingerprint density at radius 1 is 1.23 bits per heavy atom. The molecule has 2 aromatic heterocycles. The minimum Gasteiger partial charge on any atom is -0.304 e. The maximum absolute atomic E-state index is 12.5. The summed E-state index contributed by atoms with van der Waals surface area (Å²) in [7, 11) is 0. The van der Waals surface area contributed by atoms with Crippen molar-refractivity contribution in [1.29, 1.82) is 0 Å². The molecule has 4 nitrogen and oxygen atoms in total. The van der Waals surface area contributed by atoms with Gasteiger partial charge in [-0.25, -0.2) is 0 Å². The third-order valence-corrected chi connectivity index (χ3v) is 4.33. The highest BCUT2D eigenvalue weighted by molar-refractivity contribution is 7.12. The van der Waals surface area contributed by atoms with Crippen LogP contribution in [0.3, 0.4) is 0 Å². The normalized spacial score (nSPS) is 10.9. The zero-order valence-electron chi connectivity index (χ0n) is 12.5. The lowest BCUT2D eigenvalue weighted by Gasteiger charge is -2.04. The molecule has 3 rings (SSSR count). The highest BCUT2D eigenvalue weighted by Crippen LogP contribution is 2.29. The molecular weight excluding hydrogens is 294 g/mol. The predicted octanol–water partition coefficient (Wildman–Crippen LogP) is 4.51. The largest absolute Gasteiger partial charge is 0.304 e. The van der Waals surface area contributed by atoms with Crippen LogP contribution in [0.2, 0.25) is 0 Å². The van der Waals surface area contributed by atoms with Crippen LogP contribution in [0.5, 0.6) is 0 Å². The molecule has 2 heterocycles. The molecule has 0 fully saturated rings. The number of thiophene rings is 1. The van der Waals surface area contributed by atoms with E-state index in [0.717, 1.165) is 16.8 Å². The number of nitrogens with one attached hydrogen (secondary N) is 2. The van der Waals surface area contributed by atoms with Crippen LogP contribution in [0.1, 0.15) is 35.1 Å². The Morgan fingerprint density at radius 2 is 2.00 bits per heavy atom. The Labute approximate surface area is 133 Å². The number of hydrogen-bond acceptors (Lipinski definition) is 3. The second kappa shape index (κ2) is 6.15. The first-order chi connectivity index (χ1) is 10.6. The van der Waals surface area contributed by atoms with Crippen molar-refractivity contribution in [3.05, 3.63) is 58.4 Å². The molecule has 0 aliphatic heterocycles. The summed E-state index contributed by atoms with van der Waals surface area (Å²) < 4.78 is 0. The summed E-state index contributed by atoms with van der Waals surface area (Å²) in [5.74, 6) is 0.775. The molecule has 0 aliphatic rings. The number of nitrogens with zero attached hydrogens (tertiary/aromatic N) is 1. The molecule has 0 aliphatic carbocycles. The van der Waals surface area contributed by atoms with Gasteiger partial charge in [0.2, 0.25) is 0 Å². The Morgan fingerprint density at radius 3 is 2.68 bits per heavy atom. The van der Waals surface area contributed by atoms with Crippen LogP contribution in [0.15, 0.2) is 47.8 Å². The molecule has 0 radical (unpaired) electrons. The second-order valence-electron chi connectivity index (χ2n) is 5.35. The van der Waals surface area contributed by atoms with Gasteiger partial charge in [0.15, 0.2) is 5.82 Å². The van der Waals surface area contributed by atoms with Gasteiger partial charge in [0, 0.05) is 17.3 Å². The van der Waals surface area contributed by atoms with Crippen LogP contribution >= 0.6 is 11.3 Å². The highest BCUT2D eigenvalue weighted by Gasteiger charge is 2.16. The third kappa shape index (κ3) is 2.94. The van der Waals surface area contributed by atoms with Crippen LogP contribution in [-0.4, -0.2) is 16.1 Å². The fourth-order valence-electron chi connectivity index (χ4n) is 2.20. The summed E-state index contributed by atoms with van der Waals surface area (Å²) in [5, 5.41) is 11.9. The molecule has 0 saturated carbocycles. The zero-order chi connectivity index (χ0) is 15.5. The average molecular weight is 311 g/mol. The summed E-state index contributed by atoms with van der Waals surface area (Å²) in [6.45, 7) is 4.15. The molecular formula is C17H17N3OS. The molecule has 0 atom stereocenters. The molecule has 5 heteroatoms. The van der Waals surface area contributed by atoms with Crippen LogP contribution in [0.4, 0.5) is 5.82 Å². The van der Waals surface area contributed by atoms with Crippen molar-refractivity contribution < 1.29 is 4.79 Å². The smallest absolute Gasteiger partial charge is 0.267 e. The third-order valence-electron chi connectivity index (χ3n) is 3.42. The van der Waals surface area contributed by atoms with E-state index in [4.69, 9.17) is 0 Å². The monoisotopic (exact) mass is 311 g/mol. The van der Waals surface area contributed by atoms with E-state index in [-0.39, 0.29) is 5.91 Å². The fraction of sp³-hybridized carbons (Fsp3) is 0.176. The summed E-state index contributed by atoms with van der Waals surface area (Å²) in [6.07, 6.45) is 0. The molecule has 1 amide bonds. The molecule has 0 spiro atoms. The molecule has 3 aromatic rings. The van der Waals surface area contributed by atoms with E-state index in [2.05, 4.69) is 29.4 Å². The molecule has 112 valence electrons. The number of H-pyrrole nitrogens is 1. The van der Waals surface area contributed by atoms with Crippen molar-refractivity contribution in [2.24, 2.45) is 0 Å². The lowest BCUT2D eigenvalue weighted by Crippen LogP contribution is -2.11. The van der Waals surface area contributed by atoms with Crippen molar-refractivity contribution in [2.45, 2.75) is 19.8 Å². The number of carbonyl (C=O) groups is 1. The number of aromatic nitrogens is 2. The quantitative estimate of drug-likeness (QED) is 0.744.